The normalized spacial score (nSPS) is 11.5. The number of ether oxygens (including phenoxy) is 1. The van der Waals surface area contributed by atoms with Crippen molar-refractivity contribution in [1.82, 2.24) is 15.5 Å². The molecule has 156 valence electrons. The van der Waals surface area contributed by atoms with Crippen LogP contribution in [0, 0.1) is 6.92 Å². The average molecular weight is 443 g/mol. The second kappa shape index (κ2) is 10.7. The Balaban J connectivity index is 1.52. The van der Waals surface area contributed by atoms with Crippen LogP contribution in [-0.4, -0.2) is 41.0 Å². The van der Waals surface area contributed by atoms with Crippen molar-refractivity contribution in [1.29, 1.82) is 0 Å². The number of benzene rings is 2. The predicted molar refractivity (Wildman–Crippen MR) is 119 cm³/mol. The van der Waals surface area contributed by atoms with Crippen LogP contribution in [-0.2, 0) is 20.7 Å². The third-order valence-electron chi connectivity index (χ3n) is 4.14. The van der Waals surface area contributed by atoms with E-state index in [-0.39, 0.29) is 11.7 Å². The first kappa shape index (κ1) is 21.8. The first-order chi connectivity index (χ1) is 14.5. The Morgan fingerprint density at radius 3 is 2.53 bits per heavy atom. The Labute approximate surface area is 183 Å². The zero-order valence-electron chi connectivity index (χ0n) is 16.6. The molecule has 1 amide bonds. The zero-order chi connectivity index (χ0) is 21.3. The molecule has 1 heterocycles. The fraction of sp³-hybridized carbons (Fsp3) is 0.238. The molecule has 3 rings (SSSR count). The molecule has 0 saturated heterocycles. The maximum atomic E-state index is 12.4. The standard InChI is InChI=1S/C21H22N4O3S2/c1-14-8-10-16(11-9-14)22-20-24-25-21(30-20)29-13-18(26)23-17(19(27)28-2)12-15-6-4-3-5-7-15/h3-11,17H,12-13H2,1-2H3,(H,22,24)(H,23,26)/t17-/m0/s1. The van der Waals surface area contributed by atoms with E-state index in [1.54, 1.807) is 0 Å². The highest BCUT2D eigenvalue weighted by molar-refractivity contribution is 8.01. The molecule has 7 nitrogen and oxygen atoms in total. The third kappa shape index (κ3) is 6.57. The minimum absolute atomic E-state index is 0.126. The van der Waals surface area contributed by atoms with Gasteiger partial charge in [-0.05, 0) is 24.6 Å². The maximum absolute atomic E-state index is 12.4. The number of thioether (sulfide) groups is 1. The molecule has 2 N–H and O–H groups in total. The van der Waals surface area contributed by atoms with Crippen LogP contribution in [0.25, 0.3) is 0 Å². The van der Waals surface area contributed by atoms with Gasteiger partial charge >= 0.3 is 5.97 Å². The fourth-order valence-corrected chi connectivity index (χ4v) is 4.21. The van der Waals surface area contributed by atoms with E-state index in [0.717, 1.165) is 11.3 Å². The second-order valence-corrected chi connectivity index (χ2v) is 8.69. The number of hydrogen-bond donors (Lipinski definition) is 2. The number of nitrogens with one attached hydrogen (secondary N) is 2. The van der Waals surface area contributed by atoms with Gasteiger partial charge in [0.05, 0.1) is 12.9 Å². The Hall–Kier alpha value is -2.91. The lowest BCUT2D eigenvalue weighted by molar-refractivity contribution is -0.144. The van der Waals surface area contributed by atoms with E-state index in [4.69, 9.17) is 4.74 Å². The quantitative estimate of drug-likeness (QED) is 0.386. The molecule has 3 aromatic rings. The summed E-state index contributed by atoms with van der Waals surface area (Å²) < 4.78 is 5.49. The first-order valence-corrected chi connectivity index (χ1v) is 11.0. The molecule has 0 aliphatic carbocycles. The lowest BCUT2D eigenvalue weighted by Crippen LogP contribution is -2.43. The molecular weight excluding hydrogens is 420 g/mol. The van der Waals surface area contributed by atoms with E-state index in [0.29, 0.717) is 15.9 Å². The second-order valence-electron chi connectivity index (χ2n) is 6.49. The molecule has 0 aliphatic rings. The molecule has 0 aliphatic heterocycles. The van der Waals surface area contributed by atoms with Crippen LogP contribution in [0.1, 0.15) is 11.1 Å². The number of aryl methyl sites for hydroxylation is 1. The number of carbonyl (C=O) groups excluding carboxylic acids is 2. The largest absolute Gasteiger partial charge is 0.467 e. The molecule has 0 radical (unpaired) electrons. The molecule has 1 aromatic heterocycles. The van der Waals surface area contributed by atoms with Gasteiger partial charge in [-0.1, -0.05) is 71.1 Å². The highest BCUT2D eigenvalue weighted by atomic mass is 32.2. The van der Waals surface area contributed by atoms with Gasteiger partial charge in [-0.25, -0.2) is 4.79 Å². The fourth-order valence-electron chi connectivity index (χ4n) is 2.63. The Morgan fingerprint density at radius 2 is 1.83 bits per heavy atom. The molecule has 0 saturated carbocycles. The van der Waals surface area contributed by atoms with Crippen LogP contribution in [0.2, 0.25) is 0 Å². The number of aromatic nitrogens is 2. The monoisotopic (exact) mass is 442 g/mol. The Bertz CT molecular complexity index is 977. The summed E-state index contributed by atoms with van der Waals surface area (Å²) in [6.07, 6.45) is 0.368. The number of esters is 1. The first-order valence-electron chi connectivity index (χ1n) is 9.24. The summed E-state index contributed by atoms with van der Waals surface area (Å²) in [7, 11) is 1.31. The van der Waals surface area contributed by atoms with Crippen LogP contribution >= 0.6 is 23.1 Å². The average Bonchev–Trinajstić information content (AvgIpc) is 3.21. The molecule has 30 heavy (non-hydrogen) atoms. The van der Waals surface area contributed by atoms with Crippen molar-refractivity contribution in [2.75, 3.05) is 18.2 Å². The number of rotatable bonds is 9. The number of carbonyl (C=O) groups is 2. The highest BCUT2D eigenvalue weighted by Crippen LogP contribution is 2.27. The summed E-state index contributed by atoms with van der Waals surface area (Å²) in [4.78, 5) is 24.4. The molecule has 0 fully saturated rings. The van der Waals surface area contributed by atoms with E-state index < -0.39 is 12.0 Å². The number of nitrogens with zero attached hydrogens (tertiary/aromatic N) is 2. The lowest BCUT2D eigenvalue weighted by atomic mass is 10.1. The lowest BCUT2D eigenvalue weighted by Gasteiger charge is -2.16. The Kier molecular flexibility index (Phi) is 7.81. The van der Waals surface area contributed by atoms with Gasteiger partial charge in [0.25, 0.3) is 0 Å². The number of methoxy groups -OCH3 is 1. The number of amides is 1. The van der Waals surface area contributed by atoms with Gasteiger partial charge in [0.2, 0.25) is 11.0 Å². The van der Waals surface area contributed by atoms with E-state index in [1.165, 1.54) is 35.8 Å². The summed E-state index contributed by atoms with van der Waals surface area (Å²) in [5, 5.41) is 14.8. The van der Waals surface area contributed by atoms with Gasteiger partial charge in [0, 0.05) is 12.1 Å². The predicted octanol–water partition coefficient (Wildman–Crippen LogP) is 3.58. The third-order valence-corrected chi connectivity index (χ3v) is 6.11. The van der Waals surface area contributed by atoms with Crippen molar-refractivity contribution >= 4 is 45.8 Å². The topological polar surface area (TPSA) is 93.2 Å². The van der Waals surface area contributed by atoms with Gasteiger partial charge < -0.3 is 15.4 Å². The smallest absolute Gasteiger partial charge is 0.328 e. The summed E-state index contributed by atoms with van der Waals surface area (Å²) in [5.41, 5.74) is 3.04. The molecule has 0 bridgehead atoms. The SMILES string of the molecule is COC(=O)[C@H](Cc1ccccc1)NC(=O)CSc1nnc(Nc2ccc(C)cc2)s1. The van der Waals surface area contributed by atoms with Gasteiger partial charge in [-0.3, -0.25) is 4.79 Å². The summed E-state index contributed by atoms with van der Waals surface area (Å²) in [5.74, 6) is -0.617. The molecule has 1 atom stereocenters. The van der Waals surface area contributed by atoms with E-state index in [1.807, 2.05) is 61.5 Å². The van der Waals surface area contributed by atoms with Gasteiger partial charge in [-0.2, -0.15) is 0 Å². The van der Waals surface area contributed by atoms with Crippen LogP contribution in [0.5, 0.6) is 0 Å². The maximum Gasteiger partial charge on any atom is 0.328 e. The highest BCUT2D eigenvalue weighted by Gasteiger charge is 2.22. The van der Waals surface area contributed by atoms with Gasteiger partial charge in [-0.15, -0.1) is 10.2 Å². The molecule has 0 spiro atoms. The van der Waals surface area contributed by atoms with Crippen molar-refractivity contribution in [3.8, 4) is 0 Å². The summed E-state index contributed by atoms with van der Waals surface area (Å²) in [6.45, 7) is 2.03. The minimum atomic E-state index is -0.737. The van der Waals surface area contributed by atoms with Crippen molar-refractivity contribution in [3.63, 3.8) is 0 Å². The van der Waals surface area contributed by atoms with Gasteiger partial charge in [0.1, 0.15) is 6.04 Å². The van der Waals surface area contributed by atoms with Crippen LogP contribution in [0.3, 0.4) is 0 Å². The molecule has 2 aromatic carbocycles. The zero-order valence-corrected chi connectivity index (χ0v) is 18.3. The van der Waals surface area contributed by atoms with E-state index in [9.17, 15) is 9.59 Å². The van der Waals surface area contributed by atoms with Crippen molar-refractivity contribution in [3.05, 3.63) is 65.7 Å². The van der Waals surface area contributed by atoms with E-state index in [2.05, 4.69) is 20.8 Å². The molecular formula is C21H22N4O3S2. The van der Waals surface area contributed by atoms with Crippen LogP contribution in [0.15, 0.2) is 58.9 Å². The Morgan fingerprint density at radius 1 is 1.10 bits per heavy atom. The summed E-state index contributed by atoms with van der Waals surface area (Å²) in [6, 6.07) is 16.7. The van der Waals surface area contributed by atoms with Crippen molar-refractivity contribution in [2.24, 2.45) is 0 Å². The van der Waals surface area contributed by atoms with E-state index >= 15 is 0 Å². The van der Waals surface area contributed by atoms with Gasteiger partial charge in [0.15, 0.2) is 4.34 Å². The van der Waals surface area contributed by atoms with Crippen LogP contribution in [0.4, 0.5) is 10.8 Å². The van der Waals surface area contributed by atoms with Crippen LogP contribution < -0.4 is 10.6 Å². The van der Waals surface area contributed by atoms with Crippen molar-refractivity contribution < 1.29 is 14.3 Å². The van der Waals surface area contributed by atoms with Crippen molar-refractivity contribution in [2.45, 2.75) is 23.7 Å². The molecule has 9 heteroatoms. The molecule has 0 unspecified atom stereocenters. The summed E-state index contributed by atoms with van der Waals surface area (Å²) >= 11 is 2.63. The minimum Gasteiger partial charge on any atom is -0.467 e. The number of hydrogen-bond acceptors (Lipinski definition) is 8. The number of anilines is 2.